The molecule has 0 aliphatic heterocycles. The van der Waals surface area contributed by atoms with E-state index in [1.165, 1.54) is 16.8 Å². The molecule has 2 rings (SSSR count). The van der Waals surface area contributed by atoms with Crippen LogP contribution in [0.4, 0.5) is 0 Å². The fourth-order valence-electron chi connectivity index (χ4n) is 1.89. The van der Waals surface area contributed by atoms with Crippen LogP contribution in [0, 0.1) is 0 Å². The molecule has 0 saturated carbocycles. The van der Waals surface area contributed by atoms with Crippen LogP contribution in [0.2, 0.25) is 10.0 Å². The van der Waals surface area contributed by atoms with Gasteiger partial charge < -0.3 is 4.57 Å². The molecule has 0 spiro atoms. The summed E-state index contributed by atoms with van der Waals surface area (Å²) in [6.45, 7) is 3.83. The molecular formula is C12H14Cl2N4O2S. The van der Waals surface area contributed by atoms with E-state index in [0.29, 0.717) is 10.8 Å². The van der Waals surface area contributed by atoms with Crippen molar-refractivity contribution in [2.24, 2.45) is 7.05 Å². The molecule has 6 nitrogen and oxygen atoms in total. The summed E-state index contributed by atoms with van der Waals surface area (Å²) in [7, 11) is -2.07. The largest absolute Gasteiger partial charge is 0.305 e. The lowest BCUT2D eigenvalue weighted by Gasteiger charge is -2.07. The van der Waals surface area contributed by atoms with Gasteiger partial charge in [-0.3, -0.25) is 4.98 Å². The second-order valence-electron chi connectivity index (χ2n) is 4.90. The summed E-state index contributed by atoms with van der Waals surface area (Å²) in [4.78, 5) is 3.96. The number of hydrogen-bond donors (Lipinski definition) is 0. The number of halogens is 2. The first-order valence-electron chi connectivity index (χ1n) is 6.14. The number of nitrogens with zero attached hydrogens (tertiary/aromatic N) is 4. The molecule has 0 atom stereocenters. The van der Waals surface area contributed by atoms with Gasteiger partial charge in [0.15, 0.2) is 0 Å². The molecule has 9 heteroatoms. The highest BCUT2D eigenvalue weighted by Crippen LogP contribution is 2.23. The summed E-state index contributed by atoms with van der Waals surface area (Å²) in [5, 5.41) is 8.16. The van der Waals surface area contributed by atoms with Crippen LogP contribution < -0.4 is 0 Å². The van der Waals surface area contributed by atoms with Gasteiger partial charge in [-0.05, 0) is 6.07 Å². The molecule has 0 aliphatic carbocycles. The van der Waals surface area contributed by atoms with Crippen LogP contribution in [0.25, 0.3) is 0 Å². The summed E-state index contributed by atoms with van der Waals surface area (Å²) in [5.74, 6) is 0.319. The standard InChI is InChI=1S/C12H14Cl2N4O2S/c1-7(2)11-16-17-12(18(11)3)21(19,20)6-10-9(14)4-8(13)5-15-10/h4-5,7H,6H2,1-3H3. The third kappa shape index (κ3) is 3.36. The van der Waals surface area contributed by atoms with E-state index in [-0.39, 0.29) is 27.5 Å². The highest BCUT2D eigenvalue weighted by atomic mass is 35.5. The summed E-state index contributed by atoms with van der Waals surface area (Å²) >= 11 is 11.7. The maximum atomic E-state index is 12.4. The predicted molar refractivity (Wildman–Crippen MR) is 80.2 cm³/mol. The Labute approximate surface area is 133 Å². The molecule has 2 aromatic heterocycles. The van der Waals surface area contributed by atoms with E-state index >= 15 is 0 Å². The maximum absolute atomic E-state index is 12.4. The normalized spacial score (nSPS) is 12.1. The maximum Gasteiger partial charge on any atom is 0.249 e. The fraction of sp³-hybridized carbons (Fsp3) is 0.417. The van der Waals surface area contributed by atoms with Crippen molar-refractivity contribution >= 4 is 33.0 Å². The monoisotopic (exact) mass is 348 g/mol. The molecule has 0 radical (unpaired) electrons. The average molecular weight is 349 g/mol. The molecule has 21 heavy (non-hydrogen) atoms. The third-order valence-corrected chi connectivity index (χ3v) is 4.97. The van der Waals surface area contributed by atoms with Crippen LogP contribution in [-0.4, -0.2) is 28.2 Å². The molecule has 0 aliphatic rings. The van der Waals surface area contributed by atoms with Crippen molar-refractivity contribution in [3.63, 3.8) is 0 Å². The van der Waals surface area contributed by atoms with Gasteiger partial charge in [-0.25, -0.2) is 8.42 Å². The van der Waals surface area contributed by atoms with Gasteiger partial charge in [-0.15, -0.1) is 10.2 Å². The number of sulfone groups is 1. The van der Waals surface area contributed by atoms with Crippen molar-refractivity contribution in [1.29, 1.82) is 0 Å². The fourth-order valence-corrected chi connectivity index (χ4v) is 3.81. The summed E-state index contributed by atoms with van der Waals surface area (Å²) in [6.07, 6.45) is 1.36. The molecule has 114 valence electrons. The van der Waals surface area contributed by atoms with Crippen LogP contribution >= 0.6 is 23.2 Å². The minimum atomic E-state index is -3.69. The molecule has 0 aromatic carbocycles. The second-order valence-corrected chi connectivity index (χ2v) is 7.62. The lowest BCUT2D eigenvalue weighted by atomic mass is 10.2. The molecule has 0 fully saturated rings. The zero-order valence-electron chi connectivity index (χ0n) is 11.7. The van der Waals surface area contributed by atoms with E-state index in [9.17, 15) is 8.42 Å². The molecule has 0 saturated heterocycles. The minimum absolute atomic E-state index is 0.0729. The van der Waals surface area contributed by atoms with Crippen molar-refractivity contribution in [1.82, 2.24) is 19.7 Å². The van der Waals surface area contributed by atoms with E-state index < -0.39 is 9.84 Å². The predicted octanol–water partition coefficient (Wildman–Crippen LogP) is 2.61. The van der Waals surface area contributed by atoms with Gasteiger partial charge in [-0.2, -0.15) is 0 Å². The van der Waals surface area contributed by atoms with Crippen molar-refractivity contribution in [2.75, 3.05) is 0 Å². The van der Waals surface area contributed by atoms with Crippen LogP contribution in [0.15, 0.2) is 17.4 Å². The molecule has 0 unspecified atom stereocenters. The number of pyridine rings is 1. The minimum Gasteiger partial charge on any atom is -0.305 e. The molecule has 2 aromatic rings. The molecular weight excluding hydrogens is 335 g/mol. The number of hydrogen-bond acceptors (Lipinski definition) is 5. The first-order valence-corrected chi connectivity index (χ1v) is 8.55. The van der Waals surface area contributed by atoms with Gasteiger partial charge in [0.25, 0.3) is 0 Å². The Morgan fingerprint density at radius 2 is 1.95 bits per heavy atom. The van der Waals surface area contributed by atoms with Crippen LogP contribution in [-0.2, 0) is 22.6 Å². The topological polar surface area (TPSA) is 77.7 Å². The lowest BCUT2D eigenvalue weighted by Crippen LogP contribution is -2.13. The van der Waals surface area contributed by atoms with Crippen molar-refractivity contribution in [3.05, 3.63) is 33.8 Å². The summed E-state index contributed by atoms with van der Waals surface area (Å²) < 4.78 is 26.4. The average Bonchev–Trinajstić information content (AvgIpc) is 2.75. The second kappa shape index (κ2) is 5.90. The van der Waals surface area contributed by atoms with Crippen LogP contribution in [0.3, 0.4) is 0 Å². The Morgan fingerprint density at radius 3 is 2.48 bits per heavy atom. The quantitative estimate of drug-likeness (QED) is 0.848. The van der Waals surface area contributed by atoms with Gasteiger partial charge in [0, 0.05) is 19.2 Å². The van der Waals surface area contributed by atoms with Gasteiger partial charge in [-0.1, -0.05) is 37.0 Å². The van der Waals surface area contributed by atoms with Crippen molar-refractivity contribution < 1.29 is 8.42 Å². The van der Waals surface area contributed by atoms with E-state index in [4.69, 9.17) is 23.2 Å². The van der Waals surface area contributed by atoms with E-state index in [1.54, 1.807) is 7.05 Å². The zero-order valence-corrected chi connectivity index (χ0v) is 14.0. The van der Waals surface area contributed by atoms with Gasteiger partial charge in [0.1, 0.15) is 11.6 Å². The smallest absolute Gasteiger partial charge is 0.249 e. The number of rotatable bonds is 4. The third-order valence-electron chi connectivity index (χ3n) is 2.87. The Morgan fingerprint density at radius 1 is 1.29 bits per heavy atom. The Hall–Kier alpha value is -1.18. The Bertz CT molecular complexity index is 772. The highest BCUT2D eigenvalue weighted by Gasteiger charge is 2.26. The van der Waals surface area contributed by atoms with E-state index in [2.05, 4.69) is 15.2 Å². The van der Waals surface area contributed by atoms with Crippen LogP contribution in [0.5, 0.6) is 0 Å². The summed E-state index contributed by atoms with van der Waals surface area (Å²) in [6, 6.07) is 1.46. The Kier molecular flexibility index (Phi) is 4.55. The van der Waals surface area contributed by atoms with Gasteiger partial charge >= 0.3 is 0 Å². The lowest BCUT2D eigenvalue weighted by molar-refractivity contribution is 0.573. The summed E-state index contributed by atoms with van der Waals surface area (Å²) in [5.41, 5.74) is 0.232. The molecule has 0 amide bonds. The first kappa shape index (κ1) is 16.2. The van der Waals surface area contributed by atoms with Gasteiger partial charge in [0.2, 0.25) is 15.0 Å². The van der Waals surface area contributed by atoms with Crippen LogP contribution in [0.1, 0.15) is 31.3 Å². The first-order chi connectivity index (χ1) is 9.72. The van der Waals surface area contributed by atoms with Crippen molar-refractivity contribution in [3.8, 4) is 0 Å². The highest BCUT2D eigenvalue weighted by molar-refractivity contribution is 7.90. The number of aromatic nitrogens is 4. The Balaban J connectivity index is 2.39. The zero-order chi connectivity index (χ0) is 15.8. The van der Waals surface area contributed by atoms with E-state index in [1.807, 2.05) is 13.8 Å². The van der Waals surface area contributed by atoms with Gasteiger partial charge in [0.05, 0.1) is 15.7 Å². The molecule has 2 heterocycles. The molecule has 0 N–H and O–H groups in total. The molecule has 0 bridgehead atoms. The SMILES string of the molecule is CC(C)c1nnc(S(=O)(=O)Cc2ncc(Cl)cc2Cl)n1C. The van der Waals surface area contributed by atoms with E-state index in [0.717, 1.165) is 0 Å². The van der Waals surface area contributed by atoms with Crippen molar-refractivity contribution in [2.45, 2.75) is 30.7 Å².